The van der Waals surface area contributed by atoms with E-state index >= 15 is 0 Å². The Morgan fingerprint density at radius 3 is 2.54 bits per heavy atom. The van der Waals surface area contributed by atoms with Gasteiger partial charge in [0.1, 0.15) is 0 Å². The maximum atomic E-state index is 5.45. The molecular formula is C9H8N4. The molecule has 0 saturated heterocycles. The first-order valence-electron chi connectivity index (χ1n) is 3.86. The highest BCUT2D eigenvalue weighted by Crippen LogP contribution is 2.12. The number of pyridine rings is 1. The summed E-state index contributed by atoms with van der Waals surface area (Å²) in [7, 11) is 0. The summed E-state index contributed by atoms with van der Waals surface area (Å²) in [6.45, 7) is 0. The molecule has 0 saturated carbocycles. The highest BCUT2D eigenvalue weighted by atomic mass is 15.0. The van der Waals surface area contributed by atoms with Crippen molar-refractivity contribution in [1.29, 1.82) is 0 Å². The Balaban J connectivity index is 2.48. The van der Waals surface area contributed by atoms with Crippen molar-refractivity contribution in [3.05, 3.63) is 36.7 Å². The van der Waals surface area contributed by atoms with Crippen LogP contribution < -0.4 is 5.73 Å². The first-order chi connectivity index (χ1) is 6.36. The second kappa shape index (κ2) is 3.18. The highest BCUT2D eigenvalue weighted by Gasteiger charge is 1.99. The molecule has 0 aliphatic carbocycles. The van der Waals surface area contributed by atoms with Crippen LogP contribution in [0.15, 0.2) is 36.7 Å². The topological polar surface area (TPSA) is 64.7 Å². The van der Waals surface area contributed by atoms with Crippen molar-refractivity contribution in [2.45, 2.75) is 0 Å². The molecule has 0 fully saturated rings. The van der Waals surface area contributed by atoms with Gasteiger partial charge in [0.15, 0.2) is 0 Å². The van der Waals surface area contributed by atoms with E-state index in [-0.39, 0.29) is 5.95 Å². The summed E-state index contributed by atoms with van der Waals surface area (Å²) in [5, 5.41) is 0. The number of nitrogens with zero attached hydrogens (tertiary/aromatic N) is 3. The molecule has 0 unspecified atom stereocenters. The van der Waals surface area contributed by atoms with Gasteiger partial charge in [0.25, 0.3) is 0 Å². The number of hydrogen-bond acceptors (Lipinski definition) is 4. The van der Waals surface area contributed by atoms with Crippen LogP contribution in [0, 0.1) is 0 Å². The van der Waals surface area contributed by atoms with E-state index in [1.54, 1.807) is 18.5 Å². The molecule has 2 rings (SSSR count). The quantitative estimate of drug-likeness (QED) is 0.700. The van der Waals surface area contributed by atoms with E-state index in [4.69, 9.17) is 5.73 Å². The van der Waals surface area contributed by atoms with Crippen molar-refractivity contribution in [1.82, 2.24) is 15.0 Å². The van der Waals surface area contributed by atoms with Crippen molar-refractivity contribution < 1.29 is 0 Å². The molecule has 2 heterocycles. The molecule has 0 atom stereocenters. The Hall–Kier alpha value is -1.97. The average molecular weight is 172 g/mol. The third-order valence-corrected chi connectivity index (χ3v) is 1.60. The fraction of sp³-hybridized carbons (Fsp3) is 0. The van der Waals surface area contributed by atoms with Gasteiger partial charge < -0.3 is 5.73 Å². The van der Waals surface area contributed by atoms with Gasteiger partial charge in [-0.1, -0.05) is 6.07 Å². The predicted octanol–water partition coefficient (Wildman–Crippen LogP) is 1.12. The molecule has 13 heavy (non-hydrogen) atoms. The Morgan fingerprint density at radius 2 is 1.85 bits per heavy atom. The lowest BCUT2D eigenvalue weighted by Crippen LogP contribution is -1.95. The van der Waals surface area contributed by atoms with Gasteiger partial charge in [-0.2, -0.15) is 0 Å². The van der Waals surface area contributed by atoms with Crippen LogP contribution in [-0.4, -0.2) is 15.0 Å². The third kappa shape index (κ3) is 1.61. The van der Waals surface area contributed by atoms with Gasteiger partial charge in [-0.25, -0.2) is 9.97 Å². The van der Waals surface area contributed by atoms with Crippen LogP contribution in [0.3, 0.4) is 0 Å². The second-order valence-corrected chi connectivity index (χ2v) is 2.52. The molecule has 0 aliphatic heterocycles. The van der Waals surface area contributed by atoms with Crippen molar-refractivity contribution >= 4 is 5.95 Å². The number of hydrogen-bond donors (Lipinski definition) is 1. The van der Waals surface area contributed by atoms with Crippen molar-refractivity contribution in [2.75, 3.05) is 5.73 Å². The lowest BCUT2D eigenvalue weighted by atomic mass is 10.3. The molecular weight excluding hydrogens is 164 g/mol. The summed E-state index contributed by atoms with van der Waals surface area (Å²) in [5.41, 5.74) is 6.99. The predicted molar refractivity (Wildman–Crippen MR) is 49.7 cm³/mol. The van der Waals surface area contributed by atoms with Crippen LogP contribution in [0.25, 0.3) is 11.4 Å². The van der Waals surface area contributed by atoms with Gasteiger partial charge in [0, 0.05) is 12.4 Å². The van der Waals surface area contributed by atoms with Crippen LogP contribution in [0.4, 0.5) is 5.95 Å². The number of nitrogens with two attached hydrogens (primary N) is 1. The van der Waals surface area contributed by atoms with Gasteiger partial charge in [-0.15, -0.1) is 0 Å². The molecule has 2 N–H and O–H groups in total. The lowest BCUT2D eigenvalue weighted by Gasteiger charge is -1.98. The molecule has 0 amide bonds. The van der Waals surface area contributed by atoms with Crippen molar-refractivity contribution in [2.24, 2.45) is 0 Å². The summed E-state index contributed by atoms with van der Waals surface area (Å²) >= 11 is 0. The van der Waals surface area contributed by atoms with Gasteiger partial charge >= 0.3 is 0 Å². The first-order valence-corrected chi connectivity index (χ1v) is 3.86. The van der Waals surface area contributed by atoms with Gasteiger partial charge in [-0.3, -0.25) is 4.98 Å². The molecule has 64 valence electrons. The molecule has 0 aliphatic rings. The number of nitrogen functional groups attached to an aromatic ring is 1. The summed E-state index contributed by atoms with van der Waals surface area (Å²) in [6, 6.07) is 7.41. The fourth-order valence-corrected chi connectivity index (χ4v) is 1.03. The van der Waals surface area contributed by atoms with Gasteiger partial charge in [-0.05, 0) is 18.2 Å². The Morgan fingerprint density at radius 1 is 0.923 bits per heavy atom. The molecule has 2 aromatic rings. The van der Waals surface area contributed by atoms with Crippen LogP contribution in [0.1, 0.15) is 0 Å². The maximum absolute atomic E-state index is 5.45. The molecule has 4 heteroatoms. The van der Waals surface area contributed by atoms with E-state index < -0.39 is 0 Å². The SMILES string of the molecule is Nc1nccc(-c2ccccn2)n1. The Kier molecular flexibility index (Phi) is 1.88. The van der Waals surface area contributed by atoms with E-state index in [1.807, 2.05) is 18.2 Å². The normalized spacial score (nSPS) is 9.85. The number of rotatable bonds is 1. The van der Waals surface area contributed by atoms with Gasteiger partial charge in [0.2, 0.25) is 5.95 Å². The molecule has 4 nitrogen and oxygen atoms in total. The summed E-state index contributed by atoms with van der Waals surface area (Å²) < 4.78 is 0. The van der Waals surface area contributed by atoms with E-state index in [0.717, 1.165) is 11.4 Å². The minimum absolute atomic E-state index is 0.267. The van der Waals surface area contributed by atoms with Crippen LogP contribution in [-0.2, 0) is 0 Å². The second-order valence-electron chi connectivity index (χ2n) is 2.52. The van der Waals surface area contributed by atoms with E-state index in [2.05, 4.69) is 15.0 Å². The first kappa shape index (κ1) is 7.67. The highest BCUT2D eigenvalue weighted by molar-refractivity contribution is 5.54. The van der Waals surface area contributed by atoms with Gasteiger partial charge in [0.05, 0.1) is 11.4 Å². The summed E-state index contributed by atoms with van der Waals surface area (Å²) in [5.74, 6) is 0.267. The summed E-state index contributed by atoms with van der Waals surface area (Å²) in [4.78, 5) is 12.0. The van der Waals surface area contributed by atoms with E-state index in [0.29, 0.717) is 0 Å². The Labute approximate surface area is 75.5 Å². The zero-order valence-electron chi connectivity index (χ0n) is 6.88. The van der Waals surface area contributed by atoms with E-state index in [1.165, 1.54) is 0 Å². The molecule has 0 bridgehead atoms. The molecule has 0 radical (unpaired) electrons. The molecule has 0 spiro atoms. The maximum Gasteiger partial charge on any atom is 0.220 e. The van der Waals surface area contributed by atoms with Crippen LogP contribution in [0.5, 0.6) is 0 Å². The van der Waals surface area contributed by atoms with E-state index in [9.17, 15) is 0 Å². The monoisotopic (exact) mass is 172 g/mol. The fourth-order valence-electron chi connectivity index (χ4n) is 1.03. The van der Waals surface area contributed by atoms with Crippen molar-refractivity contribution in [3.63, 3.8) is 0 Å². The average Bonchev–Trinajstić information content (AvgIpc) is 2.19. The smallest absolute Gasteiger partial charge is 0.220 e. The zero-order valence-corrected chi connectivity index (χ0v) is 6.88. The number of aromatic nitrogens is 3. The minimum atomic E-state index is 0.267. The minimum Gasteiger partial charge on any atom is -0.368 e. The number of anilines is 1. The van der Waals surface area contributed by atoms with Crippen LogP contribution >= 0.6 is 0 Å². The largest absolute Gasteiger partial charge is 0.368 e. The third-order valence-electron chi connectivity index (χ3n) is 1.60. The Bertz CT molecular complexity index is 399. The zero-order chi connectivity index (χ0) is 9.10. The van der Waals surface area contributed by atoms with Crippen LogP contribution in [0.2, 0.25) is 0 Å². The van der Waals surface area contributed by atoms with Crippen molar-refractivity contribution in [3.8, 4) is 11.4 Å². The molecule has 0 aromatic carbocycles. The summed E-state index contributed by atoms with van der Waals surface area (Å²) in [6.07, 6.45) is 3.33. The standard InChI is InChI=1S/C9H8N4/c10-9-12-6-4-8(13-9)7-3-1-2-5-11-7/h1-6H,(H2,10,12,13). The lowest BCUT2D eigenvalue weighted by molar-refractivity contribution is 1.17. The molecule has 2 aromatic heterocycles.